The average molecular weight is 258 g/mol. The number of carbonyl (C=O) groups excluding carboxylic acids is 1. The van der Waals surface area contributed by atoms with Gasteiger partial charge < -0.3 is 4.74 Å². The Kier molecular flexibility index (Phi) is 5.22. The van der Waals surface area contributed by atoms with Gasteiger partial charge >= 0.3 is 5.97 Å². The molecule has 0 amide bonds. The van der Waals surface area contributed by atoms with E-state index in [1.807, 2.05) is 0 Å². The predicted octanol–water partition coefficient (Wildman–Crippen LogP) is -0.991. The first-order chi connectivity index (χ1) is 6.66. The molecule has 90 valence electrons. The van der Waals surface area contributed by atoms with E-state index in [4.69, 9.17) is 0 Å². The monoisotopic (exact) mass is 258 g/mol. The Morgan fingerprint density at radius 1 is 1.13 bits per heavy atom. The molecule has 0 N–H and O–H groups in total. The number of rotatable bonds is 6. The highest BCUT2D eigenvalue weighted by atomic mass is 32.2. The van der Waals surface area contributed by atoms with Crippen molar-refractivity contribution in [2.75, 3.05) is 30.1 Å². The quantitative estimate of drug-likeness (QED) is 0.568. The van der Waals surface area contributed by atoms with E-state index in [1.165, 1.54) is 0 Å². The summed E-state index contributed by atoms with van der Waals surface area (Å²) in [7, 11) is -7.03. The van der Waals surface area contributed by atoms with E-state index >= 15 is 0 Å². The standard InChI is InChI=1S/C7H14O6S2/c1-3-13-7(8)6-15(11,12)5-4-14(2,9)10/h3-6H2,1-2H3. The van der Waals surface area contributed by atoms with Crippen molar-refractivity contribution in [3.8, 4) is 0 Å². The number of ether oxygens (including phenoxy) is 1. The van der Waals surface area contributed by atoms with Crippen molar-refractivity contribution in [3.05, 3.63) is 0 Å². The topological polar surface area (TPSA) is 94.6 Å². The maximum atomic E-state index is 11.2. The zero-order chi connectivity index (χ0) is 12.1. The van der Waals surface area contributed by atoms with Crippen molar-refractivity contribution >= 4 is 25.6 Å². The molecule has 0 aliphatic rings. The summed E-state index contributed by atoms with van der Waals surface area (Å²) < 4.78 is 48.3. The Labute approximate surface area is 89.5 Å². The summed E-state index contributed by atoms with van der Waals surface area (Å²) >= 11 is 0. The van der Waals surface area contributed by atoms with Crippen molar-refractivity contribution in [2.24, 2.45) is 0 Å². The Morgan fingerprint density at radius 3 is 2.07 bits per heavy atom. The molecule has 0 spiro atoms. The molecule has 0 saturated heterocycles. The average Bonchev–Trinajstić information content (AvgIpc) is 1.99. The largest absolute Gasteiger partial charge is 0.465 e. The van der Waals surface area contributed by atoms with E-state index < -0.39 is 42.9 Å². The molecule has 6 nitrogen and oxygen atoms in total. The molecule has 0 unspecified atom stereocenters. The van der Waals surface area contributed by atoms with Gasteiger partial charge in [-0.1, -0.05) is 0 Å². The summed E-state index contributed by atoms with van der Waals surface area (Å²) in [5, 5.41) is 0. The smallest absolute Gasteiger partial charge is 0.321 e. The van der Waals surface area contributed by atoms with E-state index in [1.54, 1.807) is 6.92 Å². The SMILES string of the molecule is CCOC(=O)CS(=O)(=O)CCS(C)(=O)=O. The number of carbonyl (C=O) groups is 1. The lowest BCUT2D eigenvalue weighted by Gasteiger charge is -2.03. The van der Waals surface area contributed by atoms with Crippen molar-refractivity contribution in [1.82, 2.24) is 0 Å². The van der Waals surface area contributed by atoms with Gasteiger partial charge in [0, 0.05) is 6.26 Å². The second-order valence-electron chi connectivity index (χ2n) is 3.03. The van der Waals surface area contributed by atoms with Gasteiger partial charge in [0.2, 0.25) is 0 Å². The third-order valence-electron chi connectivity index (χ3n) is 1.41. The maximum Gasteiger partial charge on any atom is 0.321 e. The van der Waals surface area contributed by atoms with E-state index in [2.05, 4.69) is 4.74 Å². The van der Waals surface area contributed by atoms with Gasteiger partial charge in [0.05, 0.1) is 18.1 Å². The second-order valence-corrected chi connectivity index (χ2v) is 7.47. The molecule has 8 heteroatoms. The van der Waals surface area contributed by atoms with Gasteiger partial charge in [-0.2, -0.15) is 0 Å². The summed E-state index contributed by atoms with van der Waals surface area (Å²) in [6, 6.07) is 0. The number of sulfone groups is 2. The molecule has 0 aliphatic carbocycles. The Hall–Kier alpha value is -0.630. The summed E-state index contributed by atoms with van der Waals surface area (Å²) in [5.74, 6) is -2.65. The third kappa shape index (κ3) is 8.37. The van der Waals surface area contributed by atoms with Crippen LogP contribution in [0.3, 0.4) is 0 Å². The van der Waals surface area contributed by atoms with Crippen molar-refractivity contribution < 1.29 is 26.4 Å². The van der Waals surface area contributed by atoms with Crippen LogP contribution in [0.5, 0.6) is 0 Å². The van der Waals surface area contributed by atoms with Gasteiger partial charge in [-0.3, -0.25) is 4.79 Å². The molecular weight excluding hydrogens is 244 g/mol. The molecule has 0 rings (SSSR count). The van der Waals surface area contributed by atoms with E-state index in [-0.39, 0.29) is 6.61 Å². The Bertz CT molecular complexity index is 405. The Balaban J connectivity index is 4.27. The molecule has 0 bridgehead atoms. The molecular formula is C7H14O6S2. The summed E-state index contributed by atoms with van der Waals surface area (Å²) in [6.07, 6.45) is 0.937. The first-order valence-electron chi connectivity index (χ1n) is 4.20. The second kappa shape index (κ2) is 5.45. The number of esters is 1. The molecule has 0 radical (unpaired) electrons. The maximum absolute atomic E-state index is 11.2. The summed E-state index contributed by atoms with van der Waals surface area (Å²) in [5.41, 5.74) is 0. The van der Waals surface area contributed by atoms with Gasteiger partial charge in [-0.25, -0.2) is 16.8 Å². The molecule has 0 aliphatic heterocycles. The third-order valence-corrected chi connectivity index (χ3v) is 4.11. The lowest BCUT2D eigenvalue weighted by molar-refractivity contribution is -0.139. The van der Waals surface area contributed by atoms with E-state index in [0.717, 1.165) is 6.26 Å². The molecule has 0 fully saturated rings. The van der Waals surface area contributed by atoms with Crippen LogP contribution in [-0.2, 0) is 29.2 Å². The van der Waals surface area contributed by atoms with Crippen molar-refractivity contribution in [1.29, 1.82) is 0 Å². The highest BCUT2D eigenvalue weighted by Crippen LogP contribution is 1.95. The van der Waals surface area contributed by atoms with E-state index in [0.29, 0.717) is 0 Å². The van der Waals surface area contributed by atoms with Gasteiger partial charge in [0.15, 0.2) is 9.84 Å². The van der Waals surface area contributed by atoms with Gasteiger partial charge in [0.1, 0.15) is 15.6 Å². The van der Waals surface area contributed by atoms with Crippen LogP contribution in [0.2, 0.25) is 0 Å². The fraction of sp³-hybridized carbons (Fsp3) is 0.857. The molecule has 0 saturated carbocycles. The Morgan fingerprint density at radius 2 is 1.67 bits per heavy atom. The van der Waals surface area contributed by atoms with Crippen LogP contribution in [0.1, 0.15) is 6.92 Å². The van der Waals surface area contributed by atoms with Crippen LogP contribution in [0.25, 0.3) is 0 Å². The van der Waals surface area contributed by atoms with Crippen LogP contribution < -0.4 is 0 Å². The van der Waals surface area contributed by atoms with Crippen LogP contribution in [0, 0.1) is 0 Å². The first-order valence-corrected chi connectivity index (χ1v) is 8.08. The lowest BCUT2D eigenvalue weighted by atomic mass is 10.8. The van der Waals surface area contributed by atoms with Gasteiger partial charge in [-0.15, -0.1) is 0 Å². The van der Waals surface area contributed by atoms with Crippen molar-refractivity contribution in [3.63, 3.8) is 0 Å². The zero-order valence-electron chi connectivity index (χ0n) is 8.59. The highest BCUT2D eigenvalue weighted by Gasteiger charge is 2.19. The van der Waals surface area contributed by atoms with Crippen LogP contribution in [-0.4, -0.2) is 52.9 Å². The van der Waals surface area contributed by atoms with Crippen LogP contribution >= 0.6 is 0 Å². The van der Waals surface area contributed by atoms with Crippen LogP contribution in [0.15, 0.2) is 0 Å². The molecule has 15 heavy (non-hydrogen) atoms. The molecule has 0 aromatic carbocycles. The zero-order valence-corrected chi connectivity index (χ0v) is 10.2. The van der Waals surface area contributed by atoms with Gasteiger partial charge in [-0.05, 0) is 6.92 Å². The fourth-order valence-electron chi connectivity index (χ4n) is 0.733. The summed E-state index contributed by atoms with van der Waals surface area (Å²) in [4.78, 5) is 10.8. The minimum atomic E-state index is -3.69. The normalized spacial score (nSPS) is 12.4. The number of hydrogen-bond donors (Lipinski definition) is 0. The van der Waals surface area contributed by atoms with Crippen molar-refractivity contribution in [2.45, 2.75) is 6.92 Å². The summed E-state index contributed by atoms with van der Waals surface area (Å²) in [6.45, 7) is 1.65. The number of hydrogen-bond acceptors (Lipinski definition) is 6. The lowest BCUT2D eigenvalue weighted by Crippen LogP contribution is -2.24. The van der Waals surface area contributed by atoms with Crippen LogP contribution in [0.4, 0.5) is 0 Å². The molecule has 0 heterocycles. The van der Waals surface area contributed by atoms with E-state index in [9.17, 15) is 21.6 Å². The minimum absolute atomic E-state index is 0.0976. The van der Waals surface area contributed by atoms with Gasteiger partial charge in [0.25, 0.3) is 0 Å². The fourth-order valence-corrected chi connectivity index (χ4v) is 3.55. The predicted molar refractivity (Wildman–Crippen MR) is 55.0 cm³/mol. The molecule has 0 atom stereocenters. The molecule has 0 aromatic rings. The first kappa shape index (κ1) is 14.4. The highest BCUT2D eigenvalue weighted by molar-refractivity contribution is 7.95. The minimum Gasteiger partial charge on any atom is -0.465 e. The molecule has 0 aromatic heterocycles.